The Balaban J connectivity index is 0. The summed E-state index contributed by atoms with van der Waals surface area (Å²) in [5, 5.41) is 0. The van der Waals surface area contributed by atoms with Gasteiger partial charge in [0.25, 0.3) is 0 Å². The molecule has 0 atom stereocenters. The first-order chi connectivity index (χ1) is 4.06. The maximum Gasteiger partial charge on any atom is 0.198 e. The fraction of sp³-hybridized carbons (Fsp3) is 1.00. The van der Waals surface area contributed by atoms with Gasteiger partial charge in [0.15, 0.2) is 8.87 Å². The lowest BCUT2D eigenvalue weighted by Gasteiger charge is -1.93. The van der Waals surface area contributed by atoms with Crippen molar-refractivity contribution in [3.05, 3.63) is 0 Å². The minimum absolute atomic E-state index is 0. The van der Waals surface area contributed by atoms with Crippen LogP contribution >= 0.6 is 27.8 Å². The average molecular weight is 250 g/mol. The van der Waals surface area contributed by atoms with Gasteiger partial charge < -0.3 is 5.73 Å². The second-order valence-corrected chi connectivity index (χ2v) is 6.24. The molecule has 0 radical (unpaired) electrons. The molecule has 0 aromatic heterocycles. The standard InChI is InChI=1S/C4H11NO2S2.BrH/c1-9(6,7)8-4-2-3-5;/h2-5H2,1H3;1H. The van der Waals surface area contributed by atoms with Crippen molar-refractivity contribution in [1.82, 2.24) is 0 Å². The predicted molar refractivity (Wildman–Crippen MR) is 51.3 cm³/mol. The van der Waals surface area contributed by atoms with E-state index in [9.17, 15) is 8.42 Å². The van der Waals surface area contributed by atoms with E-state index in [0.717, 1.165) is 17.2 Å². The molecule has 0 aliphatic carbocycles. The number of halogens is 1. The van der Waals surface area contributed by atoms with E-state index in [0.29, 0.717) is 12.3 Å². The third-order valence-electron chi connectivity index (χ3n) is 0.646. The van der Waals surface area contributed by atoms with Crippen LogP contribution in [0, 0.1) is 0 Å². The summed E-state index contributed by atoms with van der Waals surface area (Å²) in [5.74, 6) is 0.606. The summed E-state index contributed by atoms with van der Waals surface area (Å²) in [6.45, 7) is 0.558. The van der Waals surface area contributed by atoms with Crippen molar-refractivity contribution >= 4 is 36.6 Å². The lowest BCUT2D eigenvalue weighted by Crippen LogP contribution is -2.01. The monoisotopic (exact) mass is 249 g/mol. The molecule has 0 bridgehead atoms. The summed E-state index contributed by atoms with van der Waals surface area (Å²) in [5.41, 5.74) is 5.15. The van der Waals surface area contributed by atoms with Crippen LogP contribution in [0.2, 0.25) is 0 Å². The van der Waals surface area contributed by atoms with Gasteiger partial charge in [0, 0.05) is 12.0 Å². The van der Waals surface area contributed by atoms with E-state index in [1.807, 2.05) is 0 Å². The Hall–Kier alpha value is 0.740. The van der Waals surface area contributed by atoms with Gasteiger partial charge in [-0.2, -0.15) is 0 Å². The van der Waals surface area contributed by atoms with Crippen molar-refractivity contribution in [3.8, 4) is 0 Å². The van der Waals surface area contributed by atoms with Crippen LogP contribution in [0.25, 0.3) is 0 Å². The number of rotatable bonds is 4. The van der Waals surface area contributed by atoms with Crippen molar-refractivity contribution in [2.75, 3.05) is 18.6 Å². The second-order valence-electron chi connectivity index (χ2n) is 1.67. The van der Waals surface area contributed by atoms with E-state index in [1.54, 1.807) is 0 Å². The van der Waals surface area contributed by atoms with Crippen LogP contribution in [0.1, 0.15) is 6.42 Å². The van der Waals surface area contributed by atoms with Gasteiger partial charge in [-0.3, -0.25) is 0 Å². The summed E-state index contributed by atoms with van der Waals surface area (Å²) in [4.78, 5) is 0. The molecule has 0 unspecified atom stereocenters. The van der Waals surface area contributed by atoms with E-state index in [1.165, 1.54) is 6.26 Å². The Morgan fingerprint density at radius 3 is 2.30 bits per heavy atom. The van der Waals surface area contributed by atoms with Crippen molar-refractivity contribution in [1.29, 1.82) is 0 Å². The molecule has 0 saturated carbocycles. The molecule has 0 rings (SSSR count). The van der Waals surface area contributed by atoms with Crippen molar-refractivity contribution in [3.63, 3.8) is 0 Å². The summed E-state index contributed by atoms with van der Waals surface area (Å²) in [6, 6.07) is 0. The van der Waals surface area contributed by atoms with Crippen LogP contribution in [-0.2, 0) is 8.87 Å². The fourth-order valence-corrected chi connectivity index (χ4v) is 2.14. The zero-order chi connectivity index (χ0) is 7.33. The molecule has 6 heteroatoms. The quantitative estimate of drug-likeness (QED) is 0.586. The maximum absolute atomic E-state index is 10.4. The highest BCUT2D eigenvalue weighted by molar-refractivity contribution is 8.93. The normalized spacial score (nSPS) is 10.6. The lowest BCUT2D eigenvalue weighted by molar-refractivity contribution is 0.615. The Kier molecular flexibility index (Phi) is 8.60. The molecule has 64 valence electrons. The summed E-state index contributed by atoms with van der Waals surface area (Å²) < 4.78 is 20.9. The molecule has 0 saturated heterocycles. The van der Waals surface area contributed by atoms with Crippen molar-refractivity contribution in [2.24, 2.45) is 5.73 Å². The molecule has 2 N–H and O–H groups in total. The van der Waals surface area contributed by atoms with Gasteiger partial charge in [0.05, 0.1) is 0 Å². The third-order valence-corrected chi connectivity index (χ3v) is 3.31. The molecular formula is C4H12BrNO2S2. The first-order valence-electron chi connectivity index (χ1n) is 2.61. The van der Waals surface area contributed by atoms with Crippen molar-refractivity contribution < 1.29 is 8.42 Å². The zero-order valence-corrected chi connectivity index (χ0v) is 9.09. The third kappa shape index (κ3) is 11.5. The van der Waals surface area contributed by atoms with E-state index in [2.05, 4.69) is 0 Å². The summed E-state index contributed by atoms with van der Waals surface area (Å²) >= 11 is 0. The Morgan fingerprint density at radius 1 is 1.50 bits per heavy atom. The van der Waals surface area contributed by atoms with Gasteiger partial charge in [0.2, 0.25) is 0 Å². The molecule has 0 aliphatic heterocycles. The molecular weight excluding hydrogens is 238 g/mol. The highest BCUT2D eigenvalue weighted by Crippen LogP contribution is 2.09. The average Bonchev–Trinajstić information content (AvgIpc) is 1.63. The molecule has 0 aromatic carbocycles. The van der Waals surface area contributed by atoms with Crippen LogP contribution in [0.4, 0.5) is 0 Å². The molecule has 10 heavy (non-hydrogen) atoms. The maximum atomic E-state index is 10.4. The molecule has 0 spiro atoms. The molecule has 3 nitrogen and oxygen atoms in total. The van der Waals surface area contributed by atoms with Gasteiger partial charge >= 0.3 is 0 Å². The SMILES string of the molecule is Br.CS(=O)(=O)SCCCN. The van der Waals surface area contributed by atoms with Gasteiger partial charge in [-0.15, -0.1) is 17.0 Å². The van der Waals surface area contributed by atoms with Gasteiger partial charge in [-0.25, -0.2) is 8.42 Å². The highest BCUT2D eigenvalue weighted by atomic mass is 79.9. The number of hydrogen-bond donors (Lipinski definition) is 1. The zero-order valence-electron chi connectivity index (χ0n) is 5.74. The largest absolute Gasteiger partial charge is 0.330 e. The lowest BCUT2D eigenvalue weighted by atomic mass is 10.5. The van der Waals surface area contributed by atoms with Gasteiger partial charge in [-0.05, 0) is 23.8 Å². The highest BCUT2D eigenvalue weighted by Gasteiger charge is 1.99. The number of nitrogens with two attached hydrogens (primary N) is 1. The predicted octanol–water partition coefficient (Wildman–Crippen LogP) is 0.606. The van der Waals surface area contributed by atoms with Crippen LogP contribution in [0.3, 0.4) is 0 Å². The Morgan fingerprint density at radius 2 is 2.00 bits per heavy atom. The first-order valence-corrected chi connectivity index (χ1v) is 6.00. The molecule has 0 amide bonds. The van der Waals surface area contributed by atoms with E-state index >= 15 is 0 Å². The van der Waals surface area contributed by atoms with Crippen LogP contribution in [-0.4, -0.2) is 27.0 Å². The van der Waals surface area contributed by atoms with Crippen molar-refractivity contribution in [2.45, 2.75) is 6.42 Å². The second kappa shape index (κ2) is 6.45. The Bertz CT molecular complexity index is 157. The van der Waals surface area contributed by atoms with Crippen LogP contribution < -0.4 is 5.73 Å². The molecule has 0 fully saturated rings. The van der Waals surface area contributed by atoms with Gasteiger partial charge in [0.1, 0.15) is 0 Å². The van der Waals surface area contributed by atoms with Crippen LogP contribution in [0.5, 0.6) is 0 Å². The number of hydrogen-bond acceptors (Lipinski definition) is 4. The summed E-state index contributed by atoms with van der Waals surface area (Å²) in [7, 11) is -1.88. The fourth-order valence-electron chi connectivity index (χ4n) is 0.294. The minimum atomic E-state index is -2.84. The van der Waals surface area contributed by atoms with E-state index in [4.69, 9.17) is 5.73 Å². The topological polar surface area (TPSA) is 60.2 Å². The molecule has 0 aromatic rings. The molecule has 0 aliphatic rings. The first kappa shape index (κ1) is 13.3. The van der Waals surface area contributed by atoms with E-state index in [-0.39, 0.29) is 17.0 Å². The van der Waals surface area contributed by atoms with E-state index < -0.39 is 8.87 Å². The van der Waals surface area contributed by atoms with Crippen LogP contribution in [0.15, 0.2) is 0 Å². The molecule has 0 heterocycles. The smallest absolute Gasteiger partial charge is 0.198 e. The summed E-state index contributed by atoms with van der Waals surface area (Å²) in [6.07, 6.45) is 1.96. The Labute approximate surface area is 75.8 Å². The van der Waals surface area contributed by atoms with Gasteiger partial charge in [-0.1, -0.05) is 0 Å². The minimum Gasteiger partial charge on any atom is -0.330 e.